The zero-order valence-electron chi connectivity index (χ0n) is 27.0. The number of ketones is 1. The predicted molar refractivity (Wildman–Crippen MR) is 180 cm³/mol. The fraction of sp³-hybridized carbons (Fsp3) is 0.474. The number of aromatic nitrogens is 1. The van der Waals surface area contributed by atoms with Gasteiger partial charge in [0.15, 0.2) is 5.78 Å². The van der Waals surface area contributed by atoms with E-state index in [9.17, 15) is 9.59 Å². The summed E-state index contributed by atoms with van der Waals surface area (Å²) in [6.45, 7) is 17.1. The third-order valence-electron chi connectivity index (χ3n) is 9.01. The van der Waals surface area contributed by atoms with E-state index in [1.165, 1.54) is 40.7 Å². The Morgan fingerprint density at radius 1 is 1.21 bits per heavy atom. The number of hydrogen-bond donors (Lipinski definition) is 0. The van der Waals surface area contributed by atoms with Gasteiger partial charge in [0.1, 0.15) is 0 Å². The van der Waals surface area contributed by atoms with Crippen molar-refractivity contribution in [2.24, 2.45) is 5.92 Å². The fourth-order valence-electron chi connectivity index (χ4n) is 6.80. The van der Waals surface area contributed by atoms with E-state index in [-0.39, 0.29) is 11.7 Å². The second-order valence-electron chi connectivity index (χ2n) is 12.7. The van der Waals surface area contributed by atoms with Gasteiger partial charge in [-0.2, -0.15) is 0 Å². The van der Waals surface area contributed by atoms with Crippen molar-refractivity contribution >= 4 is 23.0 Å². The van der Waals surface area contributed by atoms with Crippen LogP contribution in [0.4, 0.5) is 0 Å². The number of amides is 1. The second kappa shape index (κ2) is 14.9. The number of nitrogens with zero attached hydrogens (tertiary/aromatic N) is 2. The van der Waals surface area contributed by atoms with Crippen molar-refractivity contribution in [2.45, 2.75) is 98.8 Å². The third kappa shape index (κ3) is 8.22. The van der Waals surface area contributed by atoms with Gasteiger partial charge in [0.05, 0.1) is 12.1 Å². The summed E-state index contributed by atoms with van der Waals surface area (Å²) >= 11 is 1.86. The number of allylic oxidation sites excluding steroid dienone is 6. The van der Waals surface area contributed by atoms with Gasteiger partial charge in [-0.15, -0.1) is 17.1 Å². The fourth-order valence-corrected chi connectivity index (χ4v) is 8.29. The number of fused-ring (bicyclic) bond motifs is 1. The first-order valence-electron chi connectivity index (χ1n) is 15.8. The Hall–Kier alpha value is -3.27. The molecule has 0 aromatic carbocycles. The summed E-state index contributed by atoms with van der Waals surface area (Å²) in [5.41, 5.74) is 11.3. The summed E-state index contributed by atoms with van der Waals surface area (Å²) in [6.07, 6.45) is 16.5. The maximum atomic E-state index is 14.1. The summed E-state index contributed by atoms with van der Waals surface area (Å²) in [5.74, 6) is 0.966. The molecule has 5 heteroatoms. The minimum atomic E-state index is -0.129. The SMILES string of the molecule is C=C=CC(=O)/C(CN1CCCc2sc([C@H](C)C3CC/C=C(\Cc4ccnc(C)c4)CCC3)c(C)c2C1=O)=C(/C)C=C(C)C. The van der Waals surface area contributed by atoms with Crippen LogP contribution < -0.4 is 0 Å². The Morgan fingerprint density at radius 2 is 2.00 bits per heavy atom. The van der Waals surface area contributed by atoms with Gasteiger partial charge < -0.3 is 4.90 Å². The average Bonchev–Trinajstić information content (AvgIpc) is 3.17. The van der Waals surface area contributed by atoms with Gasteiger partial charge in [-0.25, -0.2) is 0 Å². The molecule has 0 N–H and O–H groups in total. The molecule has 0 saturated carbocycles. The summed E-state index contributed by atoms with van der Waals surface area (Å²) < 4.78 is 0. The quantitative estimate of drug-likeness (QED) is 0.125. The summed E-state index contributed by atoms with van der Waals surface area (Å²) in [4.78, 5) is 35.9. The number of carbonyl (C=O) groups is 2. The van der Waals surface area contributed by atoms with Crippen LogP contribution in [0.5, 0.6) is 0 Å². The zero-order chi connectivity index (χ0) is 31.1. The van der Waals surface area contributed by atoms with E-state index in [0.29, 0.717) is 30.5 Å². The van der Waals surface area contributed by atoms with Gasteiger partial charge in [0.25, 0.3) is 5.91 Å². The number of aryl methyl sites for hydroxylation is 2. The molecular weight excluding hydrogens is 548 g/mol. The van der Waals surface area contributed by atoms with E-state index < -0.39 is 0 Å². The van der Waals surface area contributed by atoms with Crippen molar-refractivity contribution in [3.8, 4) is 0 Å². The first kappa shape index (κ1) is 32.6. The molecule has 2 atom stereocenters. The van der Waals surface area contributed by atoms with Gasteiger partial charge in [0.2, 0.25) is 0 Å². The Balaban J connectivity index is 1.51. The van der Waals surface area contributed by atoms with Gasteiger partial charge >= 0.3 is 0 Å². The molecule has 4 rings (SSSR count). The van der Waals surface area contributed by atoms with Gasteiger partial charge in [-0.05, 0) is 127 Å². The normalized spacial score (nSPS) is 19.9. The van der Waals surface area contributed by atoms with E-state index in [2.05, 4.69) is 56.3 Å². The van der Waals surface area contributed by atoms with Crippen molar-refractivity contribution in [3.63, 3.8) is 0 Å². The number of hydrogen-bond acceptors (Lipinski definition) is 4. The molecule has 1 unspecified atom stereocenters. The highest BCUT2D eigenvalue weighted by Gasteiger charge is 2.32. The van der Waals surface area contributed by atoms with Crippen LogP contribution >= 0.6 is 11.3 Å². The predicted octanol–water partition coefficient (Wildman–Crippen LogP) is 9.19. The lowest BCUT2D eigenvalue weighted by molar-refractivity contribution is -0.111. The van der Waals surface area contributed by atoms with E-state index in [1.807, 2.05) is 49.3 Å². The molecule has 1 aliphatic heterocycles. The van der Waals surface area contributed by atoms with Crippen LogP contribution in [0.1, 0.15) is 109 Å². The highest BCUT2D eigenvalue weighted by Crippen LogP contribution is 2.42. The number of rotatable bonds is 9. The summed E-state index contributed by atoms with van der Waals surface area (Å²) in [6, 6.07) is 4.34. The van der Waals surface area contributed by atoms with Crippen molar-refractivity contribution in [3.05, 3.63) is 103 Å². The average molecular weight is 597 g/mol. The first-order chi connectivity index (χ1) is 20.6. The molecule has 0 radical (unpaired) electrons. The third-order valence-corrected chi connectivity index (χ3v) is 10.6. The molecule has 2 aliphatic rings. The van der Waals surface area contributed by atoms with Gasteiger partial charge in [0, 0.05) is 39.8 Å². The molecule has 0 bridgehead atoms. The minimum Gasteiger partial charge on any atom is -0.334 e. The largest absolute Gasteiger partial charge is 0.334 e. The van der Waals surface area contributed by atoms with Gasteiger partial charge in [-0.1, -0.05) is 36.8 Å². The van der Waals surface area contributed by atoms with E-state index >= 15 is 0 Å². The van der Waals surface area contributed by atoms with Crippen LogP contribution in [0.2, 0.25) is 0 Å². The van der Waals surface area contributed by atoms with Crippen LogP contribution in [0.25, 0.3) is 0 Å². The van der Waals surface area contributed by atoms with Crippen LogP contribution in [-0.4, -0.2) is 34.7 Å². The first-order valence-corrected chi connectivity index (χ1v) is 16.7. The lowest BCUT2D eigenvalue weighted by Crippen LogP contribution is -2.34. The molecule has 0 spiro atoms. The molecular formula is C38H48N2O2S. The second-order valence-corrected chi connectivity index (χ2v) is 13.8. The van der Waals surface area contributed by atoms with Crippen LogP contribution in [0.3, 0.4) is 0 Å². The number of thiophene rings is 1. The standard InChI is InChI=1S/C38H48N2O2S/c1-8-12-34(41)33(26(4)21-25(2)3)24-40-20-11-17-35-36(38(40)42)29(7)37(43-35)28(6)32-15-9-13-30(14-10-16-32)23-31-18-19-39-27(5)22-31/h12-13,18-19,21-22,28,32H,1,9-11,14-17,20,23-24H2,2-7H3/b30-13-,33-26-/t28-,32?/m1/s1. The van der Waals surface area contributed by atoms with Gasteiger partial charge in [-0.3, -0.25) is 14.6 Å². The topological polar surface area (TPSA) is 50.3 Å². The molecule has 4 nitrogen and oxygen atoms in total. The van der Waals surface area contributed by atoms with Crippen molar-refractivity contribution in [1.29, 1.82) is 0 Å². The van der Waals surface area contributed by atoms with Crippen LogP contribution in [0, 0.1) is 19.8 Å². The van der Waals surface area contributed by atoms with Crippen molar-refractivity contribution in [1.82, 2.24) is 9.88 Å². The highest BCUT2D eigenvalue weighted by atomic mass is 32.1. The maximum Gasteiger partial charge on any atom is 0.255 e. The maximum absolute atomic E-state index is 14.1. The van der Waals surface area contributed by atoms with Crippen molar-refractivity contribution in [2.75, 3.05) is 13.1 Å². The Bertz CT molecular complexity index is 1490. The summed E-state index contributed by atoms with van der Waals surface area (Å²) in [5, 5.41) is 0. The number of carbonyl (C=O) groups excluding carboxylic acids is 2. The monoisotopic (exact) mass is 596 g/mol. The molecule has 0 fully saturated rings. The Morgan fingerprint density at radius 3 is 2.72 bits per heavy atom. The molecule has 43 heavy (non-hydrogen) atoms. The van der Waals surface area contributed by atoms with Crippen LogP contribution in [0.15, 0.2) is 71.2 Å². The molecule has 2 aromatic rings. The van der Waals surface area contributed by atoms with Crippen LogP contribution in [-0.2, 0) is 17.6 Å². The molecule has 0 saturated heterocycles. The van der Waals surface area contributed by atoms with Crippen molar-refractivity contribution < 1.29 is 9.59 Å². The molecule has 1 aliphatic carbocycles. The Labute approximate surface area is 263 Å². The molecule has 1 amide bonds. The lowest BCUT2D eigenvalue weighted by Gasteiger charge is -2.26. The lowest BCUT2D eigenvalue weighted by atomic mass is 9.80. The van der Waals surface area contributed by atoms with E-state index in [0.717, 1.165) is 60.1 Å². The van der Waals surface area contributed by atoms with E-state index in [1.54, 1.807) is 5.57 Å². The zero-order valence-corrected chi connectivity index (χ0v) is 27.8. The Kier molecular flexibility index (Phi) is 11.3. The highest BCUT2D eigenvalue weighted by molar-refractivity contribution is 7.12. The molecule has 3 heterocycles. The summed E-state index contributed by atoms with van der Waals surface area (Å²) in [7, 11) is 0. The van der Waals surface area contributed by atoms with E-state index in [4.69, 9.17) is 0 Å². The molecule has 2 aromatic heterocycles. The smallest absolute Gasteiger partial charge is 0.255 e. The molecule has 228 valence electrons. The minimum absolute atomic E-state index is 0.0640. The number of pyridine rings is 1.